The van der Waals surface area contributed by atoms with Crippen LogP contribution in [-0.2, 0) is 30.3 Å². The zero-order chi connectivity index (χ0) is 32.8. The lowest BCUT2D eigenvalue weighted by Crippen LogP contribution is -2.58. The van der Waals surface area contributed by atoms with E-state index in [1.165, 1.54) is 6.42 Å². The fraction of sp³-hybridized carbons (Fsp3) is 0.556. The topological polar surface area (TPSA) is 117 Å². The van der Waals surface area contributed by atoms with Gasteiger partial charge in [-0.15, -0.1) is 0 Å². The summed E-state index contributed by atoms with van der Waals surface area (Å²) in [5.74, 6) is -0.790. The number of nitrogens with one attached hydrogen (secondary N) is 2. The Balaban J connectivity index is 1.53. The Morgan fingerprint density at radius 1 is 0.913 bits per heavy atom. The zero-order valence-corrected chi connectivity index (χ0v) is 27.6. The minimum absolute atomic E-state index is 0.0769. The number of fused-ring (bicyclic) bond motifs is 4. The lowest BCUT2D eigenvalue weighted by molar-refractivity contribution is -0.159. The maximum absolute atomic E-state index is 14.2. The number of rotatable bonds is 5. The fourth-order valence-corrected chi connectivity index (χ4v) is 6.53. The summed E-state index contributed by atoms with van der Waals surface area (Å²) in [6.45, 7) is 10.2. The van der Waals surface area contributed by atoms with E-state index >= 15 is 0 Å². The Morgan fingerprint density at radius 2 is 1.63 bits per heavy atom. The lowest BCUT2D eigenvalue weighted by atomic mass is 9.92. The van der Waals surface area contributed by atoms with Gasteiger partial charge >= 0.3 is 5.97 Å². The molecule has 2 aromatic rings. The maximum atomic E-state index is 14.2. The second-order valence-corrected chi connectivity index (χ2v) is 13.8. The summed E-state index contributed by atoms with van der Waals surface area (Å²) in [6, 6.07) is 12.2. The number of ether oxygens (including phenoxy) is 2. The van der Waals surface area contributed by atoms with Crippen molar-refractivity contribution in [3.05, 3.63) is 59.7 Å². The molecule has 248 valence electrons. The van der Waals surface area contributed by atoms with Crippen LogP contribution in [0, 0.1) is 0 Å². The Kier molecular flexibility index (Phi) is 10.7. The molecular weight excluding hydrogens is 584 g/mol. The van der Waals surface area contributed by atoms with Crippen molar-refractivity contribution in [2.45, 2.75) is 102 Å². The van der Waals surface area contributed by atoms with Crippen LogP contribution in [0.5, 0.6) is 11.5 Å². The number of amides is 3. The lowest BCUT2D eigenvalue weighted by Gasteiger charge is -2.33. The van der Waals surface area contributed by atoms with E-state index < -0.39 is 41.5 Å². The van der Waals surface area contributed by atoms with Crippen LogP contribution in [0.4, 0.5) is 0 Å². The third-order valence-corrected chi connectivity index (χ3v) is 9.01. The predicted octanol–water partition coefficient (Wildman–Crippen LogP) is 4.32. The Hall–Kier alpha value is -3.92. The van der Waals surface area contributed by atoms with E-state index in [2.05, 4.69) is 15.5 Å². The third-order valence-electron chi connectivity index (χ3n) is 9.01. The van der Waals surface area contributed by atoms with Crippen LogP contribution in [0.3, 0.4) is 0 Å². The van der Waals surface area contributed by atoms with E-state index in [1.807, 2.05) is 55.5 Å². The first-order valence-electron chi connectivity index (χ1n) is 16.7. The van der Waals surface area contributed by atoms with Gasteiger partial charge in [0, 0.05) is 31.8 Å². The molecule has 3 aliphatic heterocycles. The number of carbonyl (C=O) groups is 4. The van der Waals surface area contributed by atoms with Crippen molar-refractivity contribution in [2.24, 2.45) is 0 Å². The smallest absolute Gasteiger partial charge is 0.329 e. The molecule has 5 rings (SSSR count). The highest BCUT2D eigenvalue weighted by Gasteiger charge is 2.38. The Bertz CT molecular complexity index is 1420. The molecule has 2 N–H and O–H groups in total. The van der Waals surface area contributed by atoms with Crippen LogP contribution in [0.15, 0.2) is 48.5 Å². The molecule has 0 radical (unpaired) electrons. The number of benzene rings is 2. The van der Waals surface area contributed by atoms with Gasteiger partial charge in [0.15, 0.2) is 0 Å². The molecule has 2 fully saturated rings. The number of carbonyl (C=O) groups excluding carboxylic acids is 4. The number of esters is 1. The molecule has 2 saturated heterocycles. The average molecular weight is 633 g/mol. The molecule has 46 heavy (non-hydrogen) atoms. The van der Waals surface area contributed by atoms with Crippen molar-refractivity contribution < 1.29 is 28.7 Å². The summed E-state index contributed by atoms with van der Waals surface area (Å²) in [6.07, 6.45) is 5.09. The van der Waals surface area contributed by atoms with E-state index in [1.54, 1.807) is 25.7 Å². The first-order chi connectivity index (χ1) is 22.0. The fourth-order valence-electron chi connectivity index (χ4n) is 6.53. The second kappa shape index (κ2) is 14.7. The van der Waals surface area contributed by atoms with E-state index in [9.17, 15) is 19.2 Å². The van der Waals surface area contributed by atoms with Crippen molar-refractivity contribution in [3.8, 4) is 11.5 Å². The minimum atomic E-state index is -1.02. The highest BCUT2D eigenvalue weighted by molar-refractivity contribution is 5.94. The van der Waals surface area contributed by atoms with Crippen LogP contribution in [0.2, 0.25) is 0 Å². The molecule has 10 nitrogen and oxygen atoms in total. The van der Waals surface area contributed by atoms with Gasteiger partial charge in [-0.3, -0.25) is 14.4 Å². The Labute approximate surface area is 272 Å². The quantitative estimate of drug-likeness (QED) is 0.472. The number of hydrogen-bond acceptors (Lipinski definition) is 7. The standard InChI is InChI=1S/C36H48N4O6/c1-24-26-12-9-14-28(23-26)45-27-13-8-11-25(21-27)22-30(40-19-10-15-31(40)41)34(43)37-29(16-20-39-17-6-5-7-18-39)33(42)38-32(24)35(44)46-36(2,3)4/h8-9,11-14,21,23-24,29-30,32H,5-7,10,15-20,22H2,1-4H3,(H,37,43)(H,38,42)/t24-,29+,30?,32+/m1/s1. The summed E-state index contributed by atoms with van der Waals surface area (Å²) in [5, 5.41) is 5.99. The summed E-state index contributed by atoms with van der Waals surface area (Å²) in [5.41, 5.74) is 0.858. The molecule has 1 unspecified atom stereocenters. The molecule has 3 aliphatic rings. The molecule has 4 atom stereocenters. The Morgan fingerprint density at radius 3 is 2.33 bits per heavy atom. The molecule has 0 aliphatic carbocycles. The molecule has 0 spiro atoms. The molecular formula is C36H48N4O6. The van der Waals surface area contributed by atoms with Crippen molar-refractivity contribution in [1.29, 1.82) is 0 Å². The summed E-state index contributed by atoms with van der Waals surface area (Å²) in [4.78, 5) is 58.8. The van der Waals surface area contributed by atoms with Crippen LogP contribution >= 0.6 is 0 Å². The molecule has 4 bridgehead atoms. The SMILES string of the molecule is C[C@@H]1c2cccc(c2)Oc2cccc(c2)CC(N2CCCC2=O)C(=O)N[C@@H](CCN2CCCCC2)C(=O)N[C@@H]1C(=O)OC(C)(C)C. The largest absolute Gasteiger partial charge is 0.458 e. The molecule has 0 aromatic heterocycles. The summed E-state index contributed by atoms with van der Waals surface area (Å²) >= 11 is 0. The number of hydrogen-bond donors (Lipinski definition) is 2. The van der Waals surface area contributed by atoms with Gasteiger partial charge in [0.05, 0.1) is 0 Å². The number of nitrogens with zero attached hydrogens (tertiary/aromatic N) is 2. The van der Waals surface area contributed by atoms with Crippen LogP contribution < -0.4 is 15.4 Å². The summed E-state index contributed by atoms with van der Waals surface area (Å²) < 4.78 is 12.0. The number of piperidine rings is 1. The van der Waals surface area contributed by atoms with E-state index in [0.717, 1.165) is 37.1 Å². The zero-order valence-electron chi connectivity index (χ0n) is 27.6. The maximum Gasteiger partial charge on any atom is 0.329 e. The highest BCUT2D eigenvalue weighted by Crippen LogP contribution is 2.30. The van der Waals surface area contributed by atoms with Gasteiger partial charge in [0.2, 0.25) is 17.7 Å². The molecule has 10 heteroatoms. The first-order valence-corrected chi connectivity index (χ1v) is 16.7. The van der Waals surface area contributed by atoms with Gasteiger partial charge in [0.1, 0.15) is 35.2 Å². The van der Waals surface area contributed by atoms with Gasteiger partial charge in [-0.1, -0.05) is 37.6 Å². The van der Waals surface area contributed by atoms with Crippen molar-refractivity contribution >= 4 is 23.7 Å². The molecule has 3 amide bonds. The third kappa shape index (κ3) is 8.66. The summed E-state index contributed by atoms with van der Waals surface area (Å²) in [7, 11) is 0. The van der Waals surface area contributed by atoms with Gasteiger partial charge < -0.3 is 29.9 Å². The van der Waals surface area contributed by atoms with E-state index in [-0.39, 0.29) is 18.2 Å². The molecule has 3 heterocycles. The molecule has 2 aromatic carbocycles. The molecule has 0 saturated carbocycles. The van der Waals surface area contributed by atoms with Crippen LogP contribution in [0.1, 0.15) is 83.3 Å². The van der Waals surface area contributed by atoms with Gasteiger partial charge in [-0.05, 0) is 94.9 Å². The van der Waals surface area contributed by atoms with Crippen molar-refractivity contribution in [1.82, 2.24) is 20.4 Å². The highest BCUT2D eigenvalue weighted by atomic mass is 16.6. The first kappa shape index (κ1) is 33.4. The number of likely N-dealkylation sites (tertiary alicyclic amines) is 2. The van der Waals surface area contributed by atoms with Crippen molar-refractivity contribution in [3.63, 3.8) is 0 Å². The average Bonchev–Trinajstić information content (AvgIpc) is 3.44. The van der Waals surface area contributed by atoms with E-state index in [0.29, 0.717) is 43.9 Å². The normalized spacial score (nSPS) is 25.0. The van der Waals surface area contributed by atoms with Gasteiger partial charge in [-0.25, -0.2) is 4.79 Å². The minimum Gasteiger partial charge on any atom is -0.458 e. The van der Waals surface area contributed by atoms with E-state index in [4.69, 9.17) is 9.47 Å². The van der Waals surface area contributed by atoms with Gasteiger partial charge in [-0.2, -0.15) is 0 Å². The van der Waals surface area contributed by atoms with Crippen LogP contribution in [-0.4, -0.2) is 83.4 Å². The van der Waals surface area contributed by atoms with Crippen LogP contribution in [0.25, 0.3) is 0 Å². The second-order valence-electron chi connectivity index (χ2n) is 13.8. The van der Waals surface area contributed by atoms with Crippen molar-refractivity contribution in [2.75, 3.05) is 26.2 Å². The predicted molar refractivity (Wildman–Crippen MR) is 174 cm³/mol. The monoisotopic (exact) mass is 632 g/mol. The van der Waals surface area contributed by atoms with Gasteiger partial charge in [0.25, 0.3) is 0 Å².